The van der Waals surface area contributed by atoms with Gasteiger partial charge in [0.1, 0.15) is 12.6 Å². The van der Waals surface area contributed by atoms with Crippen LogP contribution in [0.5, 0.6) is 0 Å². The van der Waals surface area contributed by atoms with Crippen LogP contribution in [0.15, 0.2) is 60.7 Å². The number of unbranched alkanes of at least 4 members (excludes halogenated alkanes) is 1. The Kier molecular flexibility index (Phi) is 10.3. The summed E-state index contributed by atoms with van der Waals surface area (Å²) in [5, 5.41) is 12.7. The number of amides is 1. The summed E-state index contributed by atoms with van der Waals surface area (Å²) in [6.45, 7) is 2.35. The number of carboxylic acids is 1. The number of carbonyl (C=O) groups excluding carboxylic acids is 2. The van der Waals surface area contributed by atoms with Gasteiger partial charge in [0.05, 0.1) is 12.6 Å². The summed E-state index contributed by atoms with van der Waals surface area (Å²) < 4.78 is 5.50. The lowest BCUT2D eigenvalue weighted by Gasteiger charge is -2.27. The minimum Gasteiger partial charge on any atom is -0.480 e. The topological polar surface area (TPSA) is 95.9 Å². The second kappa shape index (κ2) is 13.6. The van der Waals surface area contributed by atoms with Crippen LogP contribution in [-0.2, 0) is 25.5 Å². The predicted octanol–water partition coefficient (Wildman–Crippen LogP) is 3.78. The number of esters is 1. The average molecular weight is 481 g/mol. The first-order valence-electron chi connectivity index (χ1n) is 12.5. The predicted molar refractivity (Wildman–Crippen MR) is 134 cm³/mol. The maximum absolute atomic E-state index is 13.4. The molecule has 35 heavy (non-hydrogen) atoms. The highest BCUT2D eigenvalue weighted by Gasteiger charge is 2.35. The molecule has 188 valence electrons. The number of nitrogens with zero attached hydrogens (tertiary/aromatic N) is 1. The SMILES string of the molecule is CCCCOC(=O)C(CCc1ccccc1)NC1CCC(c2ccccc2)CN(CC(=O)O)C1=O. The van der Waals surface area contributed by atoms with Crippen LogP contribution in [-0.4, -0.2) is 59.6 Å². The van der Waals surface area contributed by atoms with Gasteiger partial charge in [0.25, 0.3) is 0 Å². The number of ether oxygens (including phenoxy) is 1. The molecule has 7 heteroatoms. The van der Waals surface area contributed by atoms with Crippen LogP contribution < -0.4 is 5.32 Å². The van der Waals surface area contributed by atoms with Gasteiger partial charge in [-0.1, -0.05) is 74.0 Å². The number of aliphatic carboxylic acids is 1. The molecule has 1 saturated heterocycles. The summed E-state index contributed by atoms with van der Waals surface area (Å²) >= 11 is 0. The molecule has 1 aliphatic rings. The van der Waals surface area contributed by atoms with Crippen molar-refractivity contribution in [1.82, 2.24) is 10.2 Å². The van der Waals surface area contributed by atoms with Crippen molar-refractivity contribution < 1.29 is 24.2 Å². The van der Waals surface area contributed by atoms with E-state index in [0.29, 0.717) is 38.8 Å². The molecule has 0 spiro atoms. The number of hydrogen-bond donors (Lipinski definition) is 2. The number of hydrogen-bond acceptors (Lipinski definition) is 5. The van der Waals surface area contributed by atoms with E-state index in [2.05, 4.69) is 5.32 Å². The molecule has 0 bridgehead atoms. The molecule has 0 radical (unpaired) electrons. The van der Waals surface area contributed by atoms with Gasteiger partial charge < -0.3 is 14.7 Å². The van der Waals surface area contributed by atoms with Gasteiger partial charge in [-0.25, -0.2) is 0 Å². The van der Waals surface area contributed by atoms with E-state index in [4.69, 9.17) is 4.74 Å². The van der Waals surface area contributed by atoms with Crippen molar-refractivity contribution in [3.05, 3.63) is 71.8 Å². The van der Waals surface area contributed by atoms with Crippen molar-refractivity contribution >= 4 is 17.8 Å². The summed E-state index contributed by atoms with van der Waals surface area (Å²) in [6.07, 6.45) is 4.07. The molecular formula is C28H36N2O5. The minimum atomic E-state index is -1.05. The van der Waals surface area contributed by atoms with Crippen molar-refractivity contribution in [3.8, 4) is 0 Å². The number of nitrogens with one attached hydrogen (secondary N) is 1. The second-order valence-corrected chi connectivity index (χ2v) is 9.11. The van der Waals surface area contributed by atoms with Crippen molar-refractivity contribution in [2.75, 3.05) is 19.7 Å². The van der Waals surface area contributed by atoms with Crippen LogP contribution in [0, 0.1) is 0 Å². The average Bonchev–Trinajstić information content (AvgIpc) is 3.01. The van der Waals surface area contributed by atoms with E-state index in [1.807, 2.05) is 67.6 Å². The third-order valence-corrected chi connectivity index (χ3v) is 6.45. The number of benzene rings is 2. The molecule has 2 N–H and O–H groups in total. The lowest BCUT2D eigenvalue weighted by molar-refractivity contribution is -0.148. The smallest absolute Gasteiger partial charge is 0.323 e. The number of carboxylic acid groups (broad SMARTS) is 1. The largest absolute Gasteiger partial charge is 0.480 e. The monoisotopic (exact) mass is 480 g/mol. The molecule has 1 heterocycles. The molecule has 1 fully saturated rings. The molecule has 0 aromatic heterocycles. The van der Waals surface area contributed by atoms with Gasteiger partial charge in [-0.05, 0) is 43.2 Å². The molecule has 2 aromatic carbocycles. The third kappa shape index (κ3) is 8.21. The number of aryl methyl sites for hydroxylation is 1. The molecule has 2 aromatic rings. The Morgan fingerprint density at radius 2 is 1.77 bits per heavy atom. The standard InChI is InChI=1S/C28H36N2O5/c1-2-3-18-35-28(34)25(16-14-21-10-6-4-7-11-21)29-24-17-15-23(22-12-8-5-9-13-22)19-30(27(24)33)20-26(31)32/h4-13,23-25,29H,2-3,14-20H2,1H3,(H,31,32). The number of likely N-dealkylation sites (tertiary alicyclic amines) is 1. The molecule has 1 amide bonds. The van der Waals surface area contributed by atoms with Crippen LogP contribution in [0.3, 0.4) is 0 Å². The van der Waals surface area contributed by atoms with Crippen LogP contribution in [0.4, 0.5) is 0 Å². The fourth-order valence-corrected chi connectivity index (χ4v) is 4.50. The lowest BCUT2D eigenvalue weighted by atomic mass is 9.93. The molecular weight excluding hydrogens is 444 g/mol. The van der Waals surface area contributed by atoms with E-state index in [0.717, 1.165) is 24.0 Å². The molecule has 3 rings (SSSR count). The summed E-state index contributed by atoms with van der Waals surface area (Å²) in [4.78, 5) is 39.3. The van der Waals surface area contributed by atoms with Gasteiger partial charge >= 0.3 is 11.9 Å². The molecule has 3 atom stereocenters. The fourth-order valence-electron chi connectivity index (χ4n) is 4.50. The van der Waals surface area contributed by atoms with Gasteiger partial charge in [0, 0.05) is 12.5 Å². The normalized spacial score (nSPS) is 19.1. The zero-order valence-corrected chi connectivity index (χ0v) is 20.4. The van der Waals surface area contributed by atoms with Gasteiger partial charge in [-0.2, -0.15) is 0 Å². The molecule has 1 aliphatic heterocycles. The first kappa shape index (κ1) is 26.4. The summed E-state index contributed by atoms with van der Waals surface area (Å²) in [5.74, 6) is -1.66. The van der Waals surface area contributed by atoms with Gasteiger partial charge in [-0.15, -0.1) is 0 Å². The number of carbonyl (C=O) groups is 3. The van der Waals surface area contributed by atoms with Gasteiger partial charge in [-0.3, -0.25) is 19.7 Å². The maximum atomic E-state index is 13.4. The highest BCUT2D eigenvalue weighted by molar-refractivity contribution is 5.86. The van der Waals surface area contributed by atoms with Crippen LogP contribution in [0.25, 0.3) is 0 Å². The van der Waals surface area contributed by atoms with E-state index in [1.165, 1.54) is 4.90 Å². The van der Waals surface area contributed by atoms with Crippen molar-refractivity contribution in [2.45, 2.75) is 63.5 Å². The summed E-state index contributed by atoms with van der Waals surface area (Å²) in [7, 11) is 0. The quantitative estimate of drug-likeness (QED) is 0.355. The lowest BCUT2D eigenvalue weighted by Crippen LogP contribution is -2.52. The van der Waals surface area contributed by atoms with Crippen molar-refractivity contribution in [3.63, 3.8) is 0 Å². The Morgan fingerprint density at radius 3 is 2.43 bits per heavy atom. The minimum absolute atomic E-state index is 0.0329. The van der Waals surface area contributed by atoms with E-state index in [1.54, 1.807) is 0 Å². The third-order valence-electron chi connectivity index (χ3n) is 6.45. The number of rotatable bonds is 12. The van der Waals surface area contributed by atoms with E-state index < -0.39 is 18.1 Å². The zero-order valence-electron chi connectivity index (χ0n) is 20.4. The van der Waals surface area contributed by atoms with Crippen LogP contribution >= 0.6 is 0 Å². The first-order valence-corrected chi connectivity index (χ1v) is 12.5. The summed E-state index contributed by atoms with van der Waals surface area (Å²) in [5.41, 5.74) is 2.18. The van der Waals surface area contributed by atoms with E-state index >= 15 is 0 Å². The van der Waals surface area contributed by atoms with Crippen LogP contribution in [0.2, 0.25) is 0 Å². The molecule has 0 aliphatic carbocycles. The zero-order chi connectivity index (χ0) is 25.0. The van der Waals surface area contributed by atoms with E-state index in [9.17, 15) is 19.5 Å². The molecule has 7 nitrogen and oxygen atoms in total. The Bertz CT molecular complexity index is 950. The second-order valence-electron chi connectivity index (χ2n) is 9.11. The highest BCUT2D eigenvalue weighted by atomic mass is 16.5. The Morgan fingerprint density at radius 1 is 1.09 bits per heavy atom. The maximum Gasteiger partial charge on any atom is 0.323 e. The van der Waals surface area contributed by atoms with Gasteiger partial charge in [0.15, 0.2) is 0 Å². The first-order chi connectivity index (χ1) is 17.0. The Hall–Kier alpha value is -3.19. The Balaban J connectivity index is 1.76. The van der Waals surface area contributed by atoms with Gasteiger partial charge in [0.2, 0.25) is 5.91 Å². The van der Waals surface area contributed by atoms with Crippen molar-refractivity contribution in [1.29, 1.82) is 0 Å². The van der Waals surface area contributed by atoms with Crippen molar-refractivity contribution in [2.24, 2.45) is 0 Å². The Labute approximate surface area is 207 Å². The summed E-state index contributed by atoms with van der Waals surface area (Å²) in [6, 6.07) is 18.4. The molecule has 3 unspecified atom stereocenters. The molecule has 0 saturated carbocycles. The highest BCUT2D eigenvalue weighted by Crippen LogP contribution is 2.27. The van der Waals surface area contributed by atoms with E-state index in [-0.39, 0.29) is 24.3 Å². The fraction of sp³-hybridized carbons (Fsp3) is 0.464. The van der Waals surface area contributed by atoms with Crippen LogP contribution in [0.1, 0.15) is 56.1 Å².